The van der Waals surface area contributed by atoms with E-state index in [9.17, 15) is 0 Å². The molecule has 106 valence electrons. The largest absolute Gasteiger partial charge is 0.467 e. The van der Waals surface area contributed by atoms with Crippen molar-refractivity contribution in [3.8, 4) is 0 Å². The lowest BCUT2D eigenvalue weighted by molar-refractivity contribution is 0.501. The van der Waals surface area contributed by atoms with Crippen LogP contribution >= 0.6 is 0 Å². The van der Waals surface area contributed by atoms with Gasteiger partial charge in [0.15, 0.2) is 0 Å². The van der Waals surface area contributed by atoms with Gasteiger partial charge >= 0.3 is 0 Å². The molecule has 1 aromatic carbocycles. The molecule has 0 unspecified atom stereocenters. The predicted octanol–water partition coefficient (Wildman–Crippen LogP) is 3.26. The molecule has 1 saturated carbocycles. The standard InChI is InChI=1S/C17H22N2O/c1-13-11-16(5-4-14(13)8-9-18)19(15-6-7-15)12-17-3-2-10-20-17/h2-5,10-11,15H,6-9,12,18H2,1H3. The molecule has 1 aliphatic rings. The summed E-state index contributed by atoms with van der Waals surface area (Å²) in [7, 11) is 0. The highest BCUT2D eigenvalue weighted by Crippen LogP contribution is 2.34. The average Bonchev–Trinajstić information content (AvgIpc) is 3.15. The minimum atomic E-state index is 0.667. The van der Waals surface area contributed by atoms with Crippen molar-refractivity contribution in [3.05, 3.63) is 53.5 Å². The Balaban J connectivity index is 1.82. The first-order valence-electron chi connectivity index (χ1n) is 7.36. The molecule has 0 amide bonds. The second kappa shape index (κ2) is 5.71. The van der Waals surface area contributed by atoms with Gasteiger partial charge in [-0.15, -0.1) is 0 Å². The first kappa shape index (κ1) is 13.3. The van der Waals surface area contributed by atoms with Gasteiger partial charge in [0.1, 0.15) is 5.76 Å². The number of hydrogen-bond donors (Lipinski definition) is 1. The van der Waals surface area contributed by atoms with Gasteiger partial charge in [-0.2, -0.15) is 0 Å². The number of anilines is 1. The van der Waals surface area contributed by atoms with Crippen LogP contribution in [0.5, 0.6) is 0 Å². The Morgan fingerprint density at radius 1 is 1.30 bits per heavy atom. The smallest absolute Gasteiger partial charge is 0.123 e. The molecule has 3 rings (SSSR count). The van der Waals surface area contributed by atoms with E-state index in [1.54, 1.807) is 6.26 Å². The molecule has 0 bridgehead atoms. The fourth-order valence-corrected chi connectivity index (χ4v) is 2.68. The van der Waals surface area contributed by atoms with Crippen molar-refractivity contribution in [2.45, 2.75) is 38.8 Å². The number of nitrogens with two attached hydrogens (primary N) is 1. The second-order valence-corrected chi connectivity index (χ2v) is 5.59. The van der Waals surface area contributed by atoms with E-state index in [0.29, 0.717) is 12.6 Å². The summed E-state index contributed by atoms with van der Waals surface area (Å²) < 4.78 is 5.50. The summed E-state index contributed by atoms with van der Waals surface area (Å²) in [5.41, 5.74) is 9.63. The third-order valence-electron chi connectivity index (χ3n) is 3.97. The Morgan fingerprint density at radius 2 is 2.15 bits per heavy atom. The van der Waals surface area contributed by atoms with E-state index in [2.05, 4.69) is 30.0 Å². The zero-order valence-corrected chi connectivity index (χ0v) is 12.0. The molecule has 20 heavy (non-hydrogen) atoms. The summed E-state index contributed by atoms with van der Waals surface area (Å²) in [6, 6.07) is 11.4. The molecule has 1 aliphatic carbocycles. The number of furan rings is 1. The van der Waals surface area contributed by atoms with Crippen LogP contribution < -0.4 is 10.6 Å². The van der Waals surface area contributed by atoms with Gasteiger partial charge in [-0.3, -0.25) is 0 Å². The third-order valence-corrected chi connectivity index (χ3v) is 3.97. The summed E-state index contributed by atoms with van der Waals surface area (Å²) in [5.74, 6) is 1.03. The summed E-state index contributed by atoms with van der Waals surface area (Å²) in [6.07, 6.45) is 5.26. The van der Waals surface area contributed by atoms with Crippen LogP contribution in [0.4, 0.5) is 5.69 Å². The third kappa shape index (κ3) is 2.88. The summed E-state index contributed by atoms with van der Waals surface area (Å²) in [6.45, 7) is 3.73. The lowest BCUT2D eigenvalue weighted by Gasteiger charge is -2.24. The molecule has 0 spiro atoms. The monoisotopic (exact) mass is 270 g/mol. The first-order valence-corrected chi connectivity index (χ1v) is 7.36. The molecular weight excluding hydrogens is 248 g/mol. The molecule has 2 aromatic rings. The maximum Gasteiger partial charge on any atom is 0.123 e. The van der Waals surface area contributed by atoms with E-state index in [-0.39, 0.29) is 0 Å². The van der Waals surface area contributed by atoms with Crippen LogP contribution in [-0.4, -0.2) is 12.6 Å². The van der Waals surface area contributed by atoms with E-state index in [1.807, 2.05) is 12.1 Å². The van der Waals surface area contributed by atoms with Crippen molar-refractivity contribution in [1.29, 1.82) is 0 Å². The Bertz CT molecular complexity index is 558. The molecule has 0 aliphatic heterocycles. The van der Waals surface area contributed by atoms with Crippen LogP contribution in [0.25, 0.3) is 0 Å². The normalized spacial score (nSPS) is 14.5. The van der Waals surface area contributed by atoms with Gasteiger partial charge in [-0.1, -0.05) is 6.07 Å². The number of hydrogen-bond acceptors (Lipinski definition) is 3. The van der Waals surface area contributed by atoms with E-state index in [4.69, 9.17) is 10.2 Å². The highest BCUT2D eigenvalue weighted by atomic mass is 16.3. The number of rotatable bonds is 6. The van der Waals surface area contributed by atoms with E-state index >= 15 is 0 Å². The Morgan fingerprint density at radius 3 is 2.75 bits per heavy atom. The van der Waals surface area contributed by atoms with Gasteiger partial charge in [0.25, 0.3) is 0 Å². The lowest BCUT2D eigenvalue weighted by atomic mass is 10.0. The topological polar surface area (TPSA) is 42.4 Å². The minimum Gasteiger partial charge on any atom is -0.467 e. The molecular formula is C17H22N2O. The average molecular weight is 270 g/mol. The quantitative estimate of drug-likeness (QED) is 0.876. The van der Waals surface area contributed by atoms with Crippen LogP contribution in [-0.2, 0) is 13.0 Å². The zero-order valence-electron chi connectivity index (χ0n) is 12.0. The van der Waals surface area contributed by atoms with Gasteiger partial charge in [-0.05, 0) is 68.1 Å². The summed E-state index contributed by atoms with van der Waals surface area (Å²) in [5, 5.41) is 0. The van der Waals surface area contributed by atoms with Crippen LogP contribution in [0.3, 0.4) is 0 Å². The Kier molecular flexibility index (Phi) is 3.79. The van der Waals surface area contributed by atoms with Crippen molar-refractivity contribution >= 4 is 5.69 Å². The fourth-order valence-electron chi connectivity index (χ4n) is 2.68. The molecule has 0 radical (unpaired) electrons. The van der Waals surface area contributed by atoms with Crippen molar-refractivity contribution in [1.82, 2.24) is 0 Å². The Labute approximate surface area is 120 Å². The molecule has 0 saturated heterocycles. The first-order chi connectivity index (χ1) is 9.78. The van der Waals surface area contributed by atoms with Crippen LogP contribution in [0.1, 0.15) is 29.7 Å². The molecule has 3 nitrogen and oxygen atoms in total. The number of nitrogens with zero attached hydrogens (tertiary/aromatic N) is 1. The fraction of sp³-hybridized carbons (Fsp3) is 0.412. The molecule has 1 aromatic heterocycles. The maximum absolute atomic E-state index is 5.65. The van der Waals surface area contributed by atoms with Crippen molar-refractivity contribution in [3.63, 3.8) is 0 Å². The number of aryl methyl sites for hydroxylation is 1. The summed E-state index contributed by atoms with van der Waals surface area (Å²) >= 11 is 0. The lowest BCUT2D eigenvalue weighted by Crippen LogP contribution is -2.24. The molecule has 0 atom stereocenters. The molecule has 2 N–H and O–H groups in total. The second-order valence-electron chi connectivity index (χ2n) is 5.59. The van der Waals surface area contributed by atoms with Gasteiger partial charge in [-0.25, -0.2) is 0 Å². The Hall–Kier alpha value is -1.74. The summed E-state index contributed by atoms with van der Waals surface area (Å²) in [4.78, 5) is 2.46. The maximum atomic E-state index is 5.65. The molecule has 3 heteroatoms. The predicted molar refractivity (Wildman–Crippen MR) is 81.9 cm³/mol. The van der Waals surface area contributed by atoms with Gasteiger partial charge in [0, 0.05) is 11.7 Å². The van der Waals surface area contributed by atoms with Gasteiger partial charge in [0.2, 0.25) is 0 Å². The van der Waals surface area contributed by atoms with Crippen LogP contribution in [0.15, 0.2) is 41.0 Å². The van der Waals surface area contributed by atoms with Gasteiger partial charge in [0.05, 0.1) is 12.8 Å². The van der Waals surface area contributed by atoms with Crippen molar-refractivity contribution in [2.24, 2.45) is 5.73 Å². The molecule has 1 heterocycles. The number of benzene rings is 1. The van der Waals surface area contributed by atoms with E-state index in [0.717, 1.165) is 18.7 Å². The zero-order chi connectivity index (χ0) is 13.9. The SMILES string of the molecule is Cc1cc(N(Cc2ccco2)C2CC2)ccc1CCN. The molecule has 1 fully saturated rings. The van der Waals surface area contributed by atoms with Crippen LogP contribution in [0, 0.1) is 6.92 Å². The highest BCUT2D eigenvalue weighted by molar-refractivity contribution is 5.52. The van der Waals surface area contributed by atoms with E-state index < -0.39 is 0 Å². The van der Waals surface area contributed by atoms with Crippen molar-refractivity contribution < 1.29 is 4.42 Å². The van der Waals surface area contributed by atoms with E-state index in [1.165, 1.54) is 29.7 Å². The minimum absolute atomic E-state index is 0.667. The van der Waals surface area contributed by atoms with Gasteiger partial charge < -0.3 is 15.1 Å². The van der Waals surface area contributed by atoms with Crippen LogP contribution in [0.2, 0.25) is 0 Å². The van der Waals surface area contributed by atoms with Crippen molar-refractivity contribution in [2.75, 3.05) is 11.4 Å². The highest BCUT2D eigenvalue weighted by Gasteiger charge is 2.30.